The first-order chi connectivity index (χ1) is 15.7. The average molecular weight is 464 g/mol. The van der Waals surface area contributed by atoms with Gasteiger partial charge in [-0.15, -0.1) is 0 Å². The Kier molecular flexibility index (Phi) is 7.16. The summed E-state index contributed by atoms with van der Waals surface area (Å²) in [5.74, 6) is -2.00. The molecule has 1 aromatic carbocycles. The summed E-state index contributed by atoms with van der Waals surface area (Å²) in [6, 6.07) is 8.54. The van der Waals surface area contributed by atoms with Crippen molar-refractivity contribution in [1.82, 2.24) is 15.1 Å². The van der Waals surface area contributed by atoms with E-state index in [0.29, 0.717) is 4.68 Å². The van der Waals surface area contributed by atoms with Crippen LogP contribution in [0.25, 0.3) is 5.69 Å². The van der Waals surface area contributed by atoms with Gasteiger partial charge in [0.05, 0.1) is 24.8 Å². The molecule has 0 spiro atoms. The van der Waals surface area contributed by atoms with Gasteiger partial charge >= 0.3 is 12.1 Å². The Morgan fingerprint density at radius 2 is 1.97 bits per heavy atom. The molecular formula is C21H19F3N4O5. The SMILES string of the molecule is CCOC(=O)c1cnn(-c2cccc(NC(=O)CCNC(=O)c3ccco3)c2)c1C(F)(F)F. The number of hydrogen-bond acceptors (Lipinski definition) is 6. The fourth-order valence-electron chi connectivity index (χ4n) is 2.90. The maximum Gasteiger partial charge on any atom is 0.434 e. The number of rotatable bonds is 8. The first kappa shape index (κ1) is 23.6. The van der Waals surface area contributed by atoms with Crippen molar-refractivity contribution in [3.05, 3.63) is 65.9 Å². The van der Waals surface area contributed by atoms with Crippen molar-refractivity contribution in [1.29, 1.82) is 0 Å². The molecule has 2 aromatic heterocycles. The third kappa shape index (κ3) is 5.79. The number of carbonyl (C=O) groups is 3. The summed E-state index contributed by atoms with van der Waals surface area (Å²) in [6.07, 6.45) is -2.84. The Hall–Kier alpha value is -4.09. The molecule has 2 amide bonds. The topological polar surface area (TPSA) is 115 Å². The summed E-state index contributed by atoms with van der Waals surface area (Å²) in [7, 11) is 0. The van der Waals surface area contributed by atoms with Gasteiger partial charge in [0.2, 0.25) is 5.91 Å². The van der Waals surface area contributed by atoms with Crippen molar-refractivity contribution in [3.8, 4) is 5.69 Å². The zero-order chi connectivity index (χ0) is 24.0. The smallest absolute Gasteiger partial charge is 0.434 e. The molecule has 9 nitrogen and oxygen atoms in total. The van der Waals surface area contributed by atoms with Crippen LogP contribution in [0.1, 0.15) is 40.0 Å². The lowest BCUT2D eigenvalue weighted by Gasteiger charge is -2.13. The largest absolute Gasteiger partial charge is 0.462 e. The second-order valence-electron chi connectivity index (χ2n) is 6.62. The first-order valence-corrected chi connectivity index (χ1v) is 9.75. The lowest BCUT2D eigenvalue weighted by atomic mass is 10.2. The van der Waals surface area contributed by atoms with E-state index in [-0.39, 0.29) is 36.7 Å². The molecule has 0 fully saturated rings. The molecule has 0 atom stereocenters. The van der Waals surface area contributed by atoms with Gasteiger partial charge in [0.25, 0.3) is 5.91 Å². The molecule has 3 rings (SSSR count). The van der Waals surface area contributed by atoms with Gasteiger partial charge in [-0.3, -0.25) is 9.59 Å². The molecule has 174 valence electrons. The number of esters is 1. The molecule has 2 N–H and O–H groups in total. The minimum Gasteiger partial charge on any atom is -0.462 e. The summed E-state index contributed by atoms with van der Waals surface area (Å²) in [6.45, 7) is 1.40. The van der Waals surface area contributed by atoms with E-state index in [1.54, 1.807) is 6.07 Å². The van der Waals surface area contributed by atoms with Crippen molar-refractivity contribution < 1.29 is 36.7 Å². The van der Waals surface area contributed by atoms with Crippen molar-refractivity contribution in [2.24, 2.45) is 0 Å². The van der Waals surface area contributed by atoms with E-state index in [0.717, 1.165) is 6.20 Å². The van der Waals surface area contributed by atoms with Crippen LogP contribution in [0.3, 0.4) is 0 Å². The summed E-state index contributed by atoms with van der Waals surface area (Å²) in [5.41, 5.74) is -1.82. The van der Waals surface area contributed by atoms with Gasteiger partial charge in [-0.2, -0.15) is 18.3 Å². The number of nitrogens with one attached hydrogen (secondary N) is 2. The average Bonchev–Trinajstić information content (AvgIpc) is 3.44. The molecule has 0 aliphatic heterocycles. The fraction of sp³-hybridized carbons (Fsp3) is 0.238. The highest BCUT2D eigenvalue weighted by Crippen LogP contribution is 2.34. The minimum atomic E-state index is -4.88. The molecule has 0 unspecified atom stereocenters. The van der Waals surface area contributed by atoms with Gasteiger partial charge < -0.3 is 19.8 Å². The second-order valence-corrected chi connectivity index (χ2v) is 6.62. The molecule has 0 aliphatic carbocycles. The number of nitrogens with zero attached hydrogens (tertiary/aromatic N) is 2. The summed E-state index contributed by atoms with van der Waals surface area (Å²) >= 11 is 0. The number of alkyl halides is 3. The zero-order valence-electron chi connectivity index (χ0n) is 17.3. The predicted molar refractivity (Wildman–Crippen MR) is 109 cm³/mol. The van der Waals surface area contributed by atoms with Gasteiger partial charge in [-0.1, -0.05) is 6.07 Å². The normalized spacial score (nSPS) is 11.2. The number of halogens is 3. The van der Waals surface area contributed by atoms with Crippen molar-refractivity contribution in [2.75, 3.05) is 18.5 Å². The molecule has 0 radical (unpaired) electrons. The van der Waals surface area contributed by atoms with Gasteiger partial charge in [-0.25, -0.2) is 9.48 Å². The van der Waals surface area contributed by atoms with Gasteiger partial charge in [-0.05, 0) is 37.3 Å². The van der Waals surface area contributed by atoms with Crippen LogP contribution in [0.15, 0.2) is 53.3 Å². The Bertz CT molecular complexity index is 1140. The van der Waals surface area contributed by atoms with Crippen LogP contribution in [-0.2, 0) is 15.7 Å². The third-order valence-electron chi connectivity index (χ3n) is 4.29. The van der Waals surface area contributed by atoms with Crippen LogP contribution in [0.5, 0.6) is 0 Å². The van der Waals surface area contributed by atoms with Crippen LogP contribution in [0.2, 0.25) is 0 Å². The highest BCUT2D eigenvalue weighted by molar-refractivity contribution is 5.93. The molecule has 3 aromatic rings. The molecule has 2 heterocycles. The number of anilines is 1. The van der Waals surface area contributed by atoms with Gasteiger partial charge in [0, 0.05) is 18.7 Å². The number of aromatic nitrogens is 2. The Labute approximate surface area is 185 Å². The minimum absolute atomic E-state index is 0.0192. The lowest BCUT2D eigenvalue weighted by molar-refractivity contribution is -0.143. The molecule has 12 heteroatoms. The monoisotopic (exact) mass is 464 g/mol. The molecule has 0 saturated carbocycles. The van der Waals surface area contributed by atoms with E-state index in [1.807, 2.05) is 0 Å². The first-order valence-electron chi connectivity index (χ1n) is 9.75. The molecule has 0 bridgehead atoms. The number of benzene rings is 1. The molecule has 0 saturated heterocycles. The number of furan rings is 1. The number of amides is 2. The number of carbonyl (C=O) groups excluding carboxylic acids is 3. The fourth-order valence-corrected chi connectivity index (χ4v) is 2.90. The van der Waals surface area contributed by atoms with E-state index < -0.39 is 35.2 Å². The van der Waals surface area contributed by atoms with Crippen LogP contribution < -0.4 is 10.6 Å². The molecule has 33 heavy (non-hydrogen) atoms. The van der Waals surface area contributed by atoms with E-state index in [4.69, 9.17) is 4.42 Å². The Morgan fingerprint density at radius 3 is 2.64 bits per heavy atom. The van der Waals surface area contributed by atoms with Crippen LogP contribution >= 0.6 is 0 Å². The van der Waals surface area contributed by atoms with Crippen molar-refractivity contribution >= 4 is 23.5 Å². The summed E-state index contributed by atoms with van der Waals surface area (Å²) in [4.78, 5) is 35.9. The standard InChI is InChI=1S/C21H19F3N4O5/c1-2-32-20(31)15-12-26-28(18(15)21(22,23)24)14-6-3-5-13(11-14)27-17(29)8-9-25-19(30)16-7-4-10-33-16/h3-7,10-12H,2,8-9H2,1H3,(H,25,30)(H,27,29). The second kappa shape index (κ2) is 10.0. The number of hydrogen-bond donors (Lipinski definition) is 2. The van der Waals surface area contributed by atoms with E-state index in [1.165, 1.54) is 43.5 Å². The maximum absolute atomic E-state index is 13.7. The quantitative estimate of drug-likeness (QED) is 0.494. The summed E-state index contributed by atoms with van der Waals surface area (Å²) in [5, 5.41) is 8.75. The highest BCUT2D eigenvalue weighted by Gasteiger charge is 2.41. The maximum atomic E-state index is 13.7. The Morgan fingerprint density at radius 1 is 1.18 bits per heavy atom. The van der Waals surface area contributed by atoms with E-state index >= 15 is 0 Å². The lowest BCUT2D eigenvalue weighted by Crippen LogP contribution is -2.27. The zero-order valence-corrected chi connectivity index (χ0v) is 17.3. The van der Waals surface area contributed by atoms with Crippen LogP contribution in [0, 0.1) is 0 Å². The van der Waals surface area contributed by atoms with Crippen LogP contribution in [0.4, 0.5) is 18.9 Å². The van der Waals surface area contributed by atoms with E-state index in [9.17, 15) is 27.6 Å². The van der Waals surface area contributed by atoms with E-state index in [2.05, 4.69) is 20.5 Å². The molecular weight excluding hydrogens is 445 g/mol. The third-order valence-corrected chi connectivity index (χ3v) is 4.29. The highest BCUT2D eigenvalue weighted by atomic mass is 19.4. The number of ether oxygens (including phenoxy) is 1. The molecule has 0 aliphatic rings. The summed E-state index contributed by atoms with van der Waals surface area (Å²) < 4.78 is 51.2. The van der Waals surface area contributed by atoms with Gasteiger partial charge in [0.1, 0.15) is 5.56 Å². The van der Waals surface area contributed by atoms with Crippen LogP contribution in [-0.4, -0.2) is 40.7 Å². The van der Waals surface area contributed by atoms with Crippen molar-refractivity contribution in [3.63, 3.8) is 0 Å². The predicted octanol–water partition coefficient (Wildman–Crippen LogP) is 3.42. The van der Waals surface area contributed by atoms with Crippen molar-refractivity contribution in [2.45, 2.75) is 19.5 Å². The van der Waals surface area contributed by atoms with Gasteiger partial charge in [0.15, 0.2) is 11.5 Å². The Balaban J connectivity index is 1.71.